The highest BCUT2D eigenvalue weighted by atomic mass is 127. The first-order chi connectivity index (χ1) is 8.56. The highest BCUT2D eigenvalue weighted by Gasteiger charge is 2.10. The summed E-state index contributed by atoms with van der Waals surface area (Å²) in [5.74, 6) is -1.84. The smallest absolute Gasteiger partial charge is 0.343 e. The summed E-state index contributed by atoms with van der Waals surface area (Å²) in [4.78, 5) is 11.7. The molecule has 18 heavy (non-hydrogen) atoms. The molecule has 92 valence electrons. The van der Waals surface area contributed by atoms with Gasteiger partial charge in [-0.15, -0.1) is 0 Å². The number of phenolic OH excluding ortho intramolecular Hbond substituents is 1. The van der Waals surface area contributed by atoms with E-state index in [-0.39, 0.29) is 5.75 Å². The Morgan fingerprint density at radius 2 is 1.83 bits per heavy atom. The molecule has 0 saturated carbocycles. The van der Waals surface area contributed by atoms with Crippen molar-refractivity contribution in [3.05, 3.63) is 57.4 Å². The van der Waals surface area contributed by atoms with Crippen LogP contribution in [-0.4, -0.2) is 11.1 Å². The maximum atomic E-state index is 13.0. The van der Waals surface area contributed by atoms with Gasteiger partial charge >= 0.3 is 5.97 Å². The number of carbonyl (C=O) groups excluding carboxylic acids is 1. The van der Waals surface area contributed by atoms with Gasteiger partial charge in [0.15, 0.2) is 11.6 Å². The number of carbonyl (C=O) groups is 1. The fraction of sp³-hybridized carbons (Fsp3) is 0. The minimum atomic E-state index is -0.831. The molecule has 0 unspecified atom stereocenters. The summed E-state index contributed by atoms with van der Waals surface area (Å²) in [7, 11) is 0. The standard InChI is InChI=1S/C13H8FIO3/c14-11-7-10(5-6-12(11)16)18-13(17)8-1-3-9(15)4-2-8/h1-7,16H. The first-order valence-electron chi connectivity index (χ1n) is 5.02. The molecular weight excluding hydrogens is 350 g/mol. The molecule has 0 aliphatic heterocycles. The summed E-state index contributed by atoms with van der Waals surface area (Å²) in [6, 6.07) is 10.2. The second kappa shape index (κ2) is 5.34. The Morgan fingerprint density at radius 3 is 2.44 bits per heavy atom. The molecule has 0 bridgehead atoms. The fourth-order valence-electron chi connectivity index (χ4n) is 1.30. The Kier molecular flexibility index (Phi) is 3.81. The molecule has 2 rings (SSSR count). The molecule has 0 aliphatic rings. The molecule has 0 fully saturated rings. The van der Waals surface area contributed by atoms with E-state index in [1.165, 1.54) is 6.07 Å². The zero-order chi connectivity index (χ0) is 13.1. The van der Waals surface area contributed by atoms with Crippen molar-refractivity contribution in [3.63, 3.8) is 0 Å². The van der Waals surface area contributed by atoms with Gasteiger partial charge in [-0.2, -0.15) is 0 Å². The summed E-state index contributed by atoms with van der Waals surface area (Å²) < 4.78 is 19.0. The molecule has 2 aromatic rings. The average Bonchev–Trinajstić information content (AvgIpc) is 2.34. The Balaban J connectivity index is 2.16. The SMILES string of the molecule is O=C(Oc1ccc(O)c(F)c1)c1ccc(I)cc1. The molecule has 2 aromatic carbocycles. The summed E-state index contributed by atoms with van der Waals surface area (Å²) >= 11 is 2.12. The van der Waals surface area contributed by atoms with Crippen molar-refractivity contribution in [1.29, 1.82) is 0 Å². The molecule has 0 aromatic heterocycles. The minimum Gasteiger partial charge on any atom is -0.505 e. The van der Waals surface area contributed by atoms with Gasteiger partial charge in [-0.05, 0) is 59.0 Å². The van der Waals surface area contributed by atoms with Crippen LogP contribution in [0, 0.1) is 9.39 Å². The van der Waals surface area contributed by atoms with Crippen molar-refractivity contribution in [2.24, 2.45) is 0 Å². The first kappa shape index (κ1) is 12.8. The molecule has 1 N–H and O–H groups in total. The van der Waals surface area contributed by atoms with Crippen LogP contribution in [0.3, 0.4) is 0 Å². The number of rotatable bonds is 2. The number of aromatic hydroxyl groups is 1. The van der Waals surface area contributed by atoms with E-state index in [0.717, 1.165) is 15.7 Å². The third-order valence-corrected chi connectivity index (χ3v) is 2.93. The number of phenols is 1. The zero-order valence-electron chi connectivity index (χ0n) is 9.06. The van der Waals surface area contributed by atoms with E-state index in [1.54, 1.807) is 24.3 Å². The number of ether oxygens (including phenoxy) is 1. The molecule has 0 heterocycles. The second-order valence-corrected chi connectivity index (χ2v) is 4.76. The molecule has 0 amide bonds. The van der Waals surface area contributed by atoms with Gasteiger partial charge in [-0.3, -0.25) is 0 Å². The Labute approximate surface area is 116 Å². The second-order valence-electron chi connectivity index (χ2n) is 3.51. The minimum absolute atomic E-state index is 0.0499. The molecular formula is C13H8FIO3. The predicted octanol–water partition coefficient (Wildman–Crippen LogP) is 3.36. The average molecular weight is 358 g/mol. The number of esters is 1. The van der Waals surface area contributed by atoms with Crippen molar-refractivity contribution in [2.75, 3.05) is 0 Å². The first-order valence-corrected chi connectivity index (χ1v) is 6.10. The maximum absolute atomic E-state index is 13.0. The number of benzene rings is 2. The van der Waals surface area contributed by atoms with Crippen LogP contribution in [0.5, 0.6) is 11.5 Å². The van der Waals surface area contributed by atoms with Crippen LogP contribution in [0.2, 0.25) is 0 Å². The zero-order valence-corrected chi connectivity index (χ0v) is 11.2. The van der Waals surface area contributed by atoms with Crippen molar-refractivity contribution in [3.8, 4) is 11.5 Å². The van der Waals surface area contributed by atoms with Crippen LogP contribution in [0.15, 0.2) is 42.5 Å². The van der Waals surface area contributed by atoms with Crippen LogP contribution in [0.4, 0.5) is 4.39 Å². The van der Waals surface area contributed by atoms with Crippen molar-refractivity contribution in [1.82, 2.24) is 0 Å². The van der Waals surface area contributed by atoms with E-state index in [1.807, 2.05) is 0 Å². The van der Waals surface area contributed by atoms with Gasteiger partial charge in [0.05, 0.1) is 5.56 Å². The lowest BCUT2D eigenvalue weighted by Crippen LogP contribution is -2.08. The van der Waals surface area contributed by atoms with Crippen LogP contribution in [0.25, 0.3) is 0 Å². The lowest BCUT2D eigenvalue weighted by Gasteiger charge is -2.05. The van der Waals surface area contributed by atoms with Gasteiger partial charge in [-0.1, -0.05) is 0 Å². The van der Waals surface area contributed by atoms with E-state index in [2.05, 4.69) is 22.6 Å². The van der Waals surface area contributed by atoms with Gasteiger partial charge in [0.1, 0.15) is 5.75 Å². The molecule has 0 saturated heterocycles. The van der Waals surface area contributed by atoms with Crippen LogP contribution >= 0.6 is 22.6 Å². The quantitative estimate of drug-likeness (QED) is 0.509. The lowest BCUT2D eigenvalue weighted by atomic mass is 10.2. The number of halogens is 2. The van der Waals surface area contributed by atoms with Crippen LogP contribution in [-0.2, 0) is 0 Å². The van der Waals surface area contributed by atoms with E-state index < -0.39 is 17.5 Å². The van der Waals surface area contributed by atoms with Gasteiger partial charge in [0.2, 0.25) is 0 Å². The van der Waals surface area contributed by atoms with E-state index >= 15 is 0 Å². The monoisotopic (exact) mass is 358 g/mol. The molecule has 0 radical (unpaired) electrons. The maximum Gasteiger partial charge on any atom is 0.343 e. The highest BCUT2D eigenvalue weighted by Crippen LogP contribution is 2.22. The van der Waals surface area contributed by atoms with Crippen LogP contribution < -0.4 is 4.74 Å². The van der Waals surface area contributed by atoms with E-state index in [4.69, 9.17) is 9.84 Å². The van der Waals surface area contributed by atoms with Crippen molar-refractivity contribution < 1.29 is 19.0 Å². The van der Waals surface area contributed by atoms with Gasteiger partial charge in [0.25, 0.3) is 0 Å². The predicted molar refractivity (Wildman–Crippen MR) is 72.2 cm³/mol. The lowest BCUT2D eigenvalue weighted by molar-refractivity contribution is 0.0734. The fourth-order valence-corrected chi connectivity index (χ4v) is 1.66. The van der Waals surface area contributed by atoms with Gasteiger partial charge in [0, 0.05) is 9.64 Å². The highest BCUT2D eigenvalue weighted by molar-refractivity contribution is 14.1. The van der Waals surface area contributed by atoms with Crippen molar-refractivity contribution >= 4 is 28.6 Å². The molecule has 3 nitrogen and oxygen atoms in total. The summed E-state index contributed by atoms with van der Waals surface area (Å²) in [6.07, 6.45) is 0. The Bertz CT molecular complexity index is 581. The topological polar surface area (TPSA) is 46.5 Å². The summed E-state index contributed by atoms with van der Waals surface area (Å²) in [5.41, 5.74) is 0.379. The third kappa shape index (κ3) is 2.98. The van der Waals surface area contributed by atoms with Gasteiger partial charge < -0.3 is 9.84 Å². The Hall–Kier alpha value is -1.63. The van der Waals surface area contributed by atoms with E-state index in [0.29, 0.717) is 5.56 Å². The normalized spacial score (nSPS) is 10.1. The molecule has 5 heteroatoms. The van der Waals surface area contributed by atoms with Crippen LogP contribution in [0.1, 0.15) is 10.4 Å². The molecule has 0 aliphatic carbocycles. The van der Waals surface area contributed by atoms with Crippen molar-refractivity contribution in [2.45, 2.75) is 0 Å². The Morgan fingerprint density at radius 1 is 1.17 bits per heavy atom. The van der Waals surface area contributed by atoms with Gasteiger partial charge in [-0.25, -0.2) is 9.18 Å². The number of hydrogen-bond donors (Lipinski definition) is 1. The summed E-state index contributed by atoms with van der Waals surface area (Å²) in [6.45, 7) is 0. The largest absolute Gasteiger partial charge is 0.505 e. The van der Waals surface area contributed by atoms with E-state index in [9.17, 15) is 9.18 Å². The molecule has 0 atom stereocenters. The molecule has 0 spiro atoms. The number of hydrogen-bond acceptors (Lipinski definition) is 3. The summed E-state index contributed by atoms with van der Waals surface area (Å²) in [5, 5.41) is 9.01. The third-order valence-electron chi connectivity index (χ3n) is 2.21.